The molecule has 0 spiro atoms. The standard InChI is InChI=1S/C32H36F3N3O3S/c1-22-13-16-27(20-29(22)32(33,34)35)37-31(39)28-12-7-19-38(42(40,41)21-23-8-3-2-4-9-23)30(28)24-14-17-26(18-15-24)36-25-10-5-6-11-25/h2-4,8-9,13-18,20,25,28,30,36H,5-7,10-12,19,21H2,1H3,(H,37,39)/t28-,30-/m0/s1. The minimum atomic E-state index is -4.56. The number of hydrogen-bond acceptors (Lipinski definition) is 4. The number of alkyl halides is 3. The molecule has 0 radical (unpaired) electrons. The molecule has 1 saturated carbocycles. The van der Waals surface area contributed by atoms with Gasteiger partial charge in [-0.05, 0) is 73.6 Å². The summed E-state index contributed by atoms with van der Waals surface area (Å²) in [6, 6.07) is 19.7. The topological polar surface area (TPSA) is 78.5 Å². The Hall–Kier alpha value is -3.37. The van der Waals surface area contributed by atoms with E-state index in [-0.39, 0.29) is 23.5 Å². The summed E-state index contributed by atoms with van der Waals surface area (Å²) < 4.78 is 69.6. The number of aryl methyl sites for hydroxylation is 1. The van der Waals surface area contributed by atoms with Crippen LogP contribution in [-0.4, -0.2) is 31.2 Å². The van der Waals surface area contributed by atoms with Crippen molar-refractivity contribution in [1.82, 2.24) is 4.31 Å². The number of carbonyl (C=O) groups is 1. The highest BCUT2D eigenvalue weighted by atomic mass is 32.2. The van der Waals surface area contributed by atoms with Crippen LogP contribution in [0.5, 0.6) is 0 Å². The maximum atomic E-state index is 13.8. The Labute approximate surface area is 245 Å². The van der Waals surface area contributed by atoms with Crippen molar-refractivity contribution in [3.05, 3.63) is 95.1 Å². The summed E-state index contributed by atoms with van der Waals surface area (Å²) >= 11 is 0. The van der Waals surface area contributed by atoms with Gasteiger partial charge in [0.25, 0.3) is 0 Å². The van der Waals surface area contributed by atoms with Crippen LogP contribution in [-0.2, 0) is 26.7 Å². The Morgan fingerprint density at radius 1 is 0.905 bits per heavy atom. The molecule has 1 heterocycles. The SMILES string of the molecule is Cc1ccc(NC(=O)[C@H]2CCCN(S(=O)(=O)Cc3ccccc3)[C@H]2c2ccc(NC3CCCC3)cc2)cc1C(F)(F)F. The summed E-state index contributed by atoms with van der Waals surface area (Å²) in [7, 11) is -3.84. The van der Waals surface area contributed by atoms with Crippen LogP contribution in [0.4, 0.5) is 24.5 Å². The summed E-state index contributed by atoms with van der Waals surface area (Å²) in [5.41, 5.74) is 1.50. The van der Waals surface area contributed by atoms with Gasteiger partial charge in [-0.2, -0.15) is 17.5 Å². The highest BCUT2D eigenvalue weighted by Gasteiger charge is 2.42. The first-order chi connectivity index (χ1) is 20.0. The molecule has 42 heavy (non-hydrogen) atoms. The van der Waals surface area contributed by atoms with E-state index in [1.54, 1.807) is 24.3 Å². The van der Waals surface area contributed by atoms with Crippen molar-refractivity contribution < 1.29 is 26.4 Å². The van der Waals surface area contributed by atoms with Crippen molar-refractivity contribution >= 4 is 27.3 Å². The number of anilines is 2. The van der Waals surface area contributed by atoms with Crippen LogP contribution in [0.25, 0.3) is 0 Å². The molecular formula is C32H36F3N3O3S. The zero-order valence-electron chi connectivity index (χ0n) is 23.5. The van der Waals surface area contributed by atoms with Gasteiger partial charge in [-0.15, -0.1) is 0 Å². The lowest BCUT2D eigenvalue weighted by Gasteiger charge is -2.40. The zero-order chi connectivity index (χ0) is 29.9. The highest BCUT2D eigenvalue weighted by molar-refractivity contribution is 7.88. The third kappa shape index (κ3) is 6.98. The van der Waals surface area contributed by atoms with Gasteiger partial charge in [0, 0.05) is 24.0 Å². The second kappa shape index (κ2) is 12.5. The van der Waals surface area contributed by atoms with E-state index in [2.05, 4.69) is 10.6 Å². The number of rotatable bonds is 8. The Balaban J connectivity index is 1.45. The molecular weight excluding hydrogens is 563 g/mol. The van der Waals surface area contributed by atoms with E-state index in [1.165, 1.54) is 36.2 Å². The molecule has 2 N–H and O–H groups in total. The molecule has 5 rings (SSSR count). The number of nitrogens with zero attached hydrogens (tertiary/aromatic N) is 1. The largest absolute Gasteiger partial charge is 0.416 e. The second-order valence-electron chi connectivity index (χ2n) is 11.3. The Kier molecular flexibility index (Phi) is 8.94. The van der Waals surface area contributed by atoms with Gasteiger partial charge in [-0.3, -0.25) is 4.79 Å². The van der Waals surface area contributed by atoms with Crippen LogP contribution in [0.1, 0.15) is 66.8 Å². The van der Waals surface area contributed by atoms with Crippen LogP contribution in [0.15, 0.2) is 72.8 Å². The molecule has 2 atom stereocenters. The number of halogens is 3. The fourth-order valence-electron chi connectivity index (χ4n) is 6.14. The Morgan fingerprint density at radius 3 is 2.24 bits per heavy atom. The molecule has 1 aliphatic carbocycles. The quantitative estimate of drug-likeness (QED) is 0.285. The first kappa shape index (κ1) is 30.1. The smallest absolute Gasteiger partial charge is 0.382 e. The molecule has 3 aromatic rings. The molecule has 224 valence electrons. The maximum absolute atomic E-state index is 13.8. The molecule has 1 aliphatic heterocycles. The van der Waals surface area contributed by atoms with Crippen LogP contribution in [0.2, 0.25) is 0 Å². The van der Waals surface area contributed by atoms with Crippen molar-refractivity contribution in [3.63, 3.8) is 0 Å². The normalized spacial score (nSPS) is 20.4. The van der Waals surface area contributed by atoms with Crippen molar-refractivity contribution in [2.45, 2.75) is 69.5 Å². The molecule has 10 heteroatoms. The molecule has 2 aliphatic rings. The summed E-state index contributed by atoms with van der Waals surface area (Å²) in [5, 5.41) is 6.19. The van der Waals surface area contributed by atoms with Crippen molar-refractivity contribution in [3.8, 4) is 0 Å². The lowest BCUT2D eigenvalue weighted by Crippen LogP contribution is -2.46. The predicted molar refractivity (Wildman–Crippen MR) is 158 cm³/mol. The van der Waals surface area contributed by atoms with Gasteiger partial charge >= 0.3 is 6.18 Å². The zero-order valence-corrected chi connectivity index (χ0v) is 24.3. The van der Waals surface area contributed by atoms with E-state index in [4.69, 9.17) is 0 Å². The summed E-state index contributed by atoms with van der Waals surface area (Å²) in [6.45, 7) is 1.61. The Morgan fingerprint density at radius 2 is 1.57 bits per heavy atom. The average molecular weight is 600 g/mol. The van der Waals surface area contributed by atoms with Gasteiger partial charge < -0.3 is 10.6 Å². The molecule has 2 fully saturated rings. The number of nitrogens with one attached hydrogen (secondary N) is 2. The molecule has 0 bridgehead atoms. The van der Waals surface area contributed by atoms with E-state index >= 15 is 0 Å². The van der Waals surface area contributed by atoms with Gasteiger partial charge in [-0.25, -0.2) is 8.42 Å². The number of carbonyl (C=O) groups excluding carboxylic acids is 1. The summed E-state index contributed by atoms with van der Waals surface area (Å²) in [4.78, 5) is 13.7. The molecule has 1 saturated heterocycles. The van der Waals surface area contributed by atoms with E-state index in [1.807, 2.05) is 30.3 Å². The van der Waals surface area contributed by atoms with E-state index in [9.17, 15) is 26.4 Å². The van der Waals surface area contributed by atoms with Gasteiger partial charge in [0.05, 0.1) is 23.3 Å². The molecule has 1 amide bonds. The number of benzene rings is 3. The lowest BCUT2D eigenvalue weighted by molar-refractivity contribution is -0.138. The average Bonchev–Trinajstić information content (AvgIpc) is 3.47. The fraction of sp³-hybridized carbons (Fsp3) is 0.406. The first-order valence-electron chi connectivity index (χ1n) is 14.4. The fourth-order valence-corrected chi connectivity index (χ4v) is 7.94. The van der Waals surface area contributed by atoms with Gasteiger partial charge in [0.2, 0.25) is 15.9 Å². The number of sulfonamides is 1. The number of amides is 1. The molecule has 0 aromatic heterocycles. The third-order valence-electron chi connectivity index (χ3n) is 8.26. The number of piperidine rings is 1. The highest BCUT2D eigenvalue weighted by Crippen LogP contribution is 2.40. The van der Waals surface area contributed by atoms with Crippen molar-refractivity contribution in [2.75, 3.05) is 17.2 Å². The van der Waals surface area contributed by atoms with Crippen LogP contribution in [0, 0.1) is 12.8 Å². The lowest BCUT2D eigenvalue weighted by atomic mass is 9.85. The Bertz CT molecular complexity index is 1490. The minimum absolute atomic E-state index is 0.0250. The van der Waals surface area contributed by atoms with Crippen molar-refractivity contribution in [1.29, 1.82) is 0 Å². The van der Waals surface area contributed by atoms with E-state index < -0.39 is 39.6 Å². The van der Waals surface area contributed by atoms with Crippen LogP contribution in [0.3, 0.4) is 0 Å². The maximum Gasteiger partial charge on any atom is 0.416 e. The van der Waals surface area contributed by atoms with Crippen LogP contribution >= 0.6 is 0 Å². The number of hydrogen-bond donors (Lipinski definition) is 2. The first-order valence-corrected chi connectivity index (χ1v) is 16.0. The van der Waals surface area contributed by atoms with Crippen molar-refractivity contribution in [2.24, 2.45) is 5.92 Å². The summed E-state index contributed by atoms with van der Waals surface area (Å²) in [6.07, 6.45) is 0.872. The predicted octanol–water partition coefficient (Wildman–Crippen LogP) is 7.29. The molecule has 6 nitrogen and oxygen atoms in total. The summed E-state index contributed by atoms with van der Waals surface area (Å²) in [5.74, 6) is -1.52. The molecule has 0 unspecified atom stereocenters. The molecule has 3 aromatic carbocycles. The van der Waals surface area contributed by atoms with Crippen LogP contribution < -0.4 is 10.6 Å². The van der Waals surface area contributed by atoms with E-state index in [0.29, 0.717) is 30.0 Å². The minimum Gasteiger partial charge on any atom is -0.382 e. The second-order valence-corrected chi connectivity index (χ2v) is 13.2. The van der Waals surface area contributed by atoms with Gasteiger partial charge in [0.15, 0.2) is 0 Å². The van der Waals surface area contributed by atoms with E-state index in [0.717, 1.165) is 24.6 Å². The van der Waals surface area contributed by atoms with Gasteiger partial charge in [0.1, 0.15) is 0 Å². The third-order valence-corrected chi connectivity index (χ3v) is 10.1. The van der Waals surface area contributed by atoms with Gasteiger partial charge in [-0.1, -0.05) is 61.4 Å². The monoisotopic (exact) mass is 599 g/mol.